The molecule has 0 aliphatic heterocycles. The number of guanidine groups is 1. The predicted molar refractivity (Wildman–Crippen MR) is 115 cm³/mol. The summed E-state index contributed by atoms with van der Waals surface area (Å²) in [6.07, 6.45) is 2.81. The Balaban J connectivity index is 0.00000625. The highest BCUT2D eigenvalue weighted by molar-refractivity contribution is 14.0. The molecule has 0 saturated carbocycles. The standard InChI is InChI=1S/C18H29FN4O2.HI/c1-3-6-14(9-10-24)12-21-18(20-4-2)22-13-17(25)23-16-8-5-7-15(19)11-16;/h5,7-8,11,14,24H,3-4,6,9-10,12-13H2,1-2H3,(H,23,25)(H2,20,21,22);1H. The van der Waals surface area contributed by atoms with Crippen molar-refractivity contribution in [2.45, 2.75) is 33.1 Å². The minimum Gasteiger partial charge on any atom is -0.396 e. The van der Waals surface area contributed by atoms with Crippen molar-refractivity contribution in [1.29, 1.82) is 0 Å². The smallest absolute Gasteiger partial charge is 0.246 e. The van der Waals surface area contributed by atoms with Crippen LogP contribution in [0.4, 0.5) is 10.1 Å². The molecule has 1 atom stereocenters. The molecule has 0 aromatic heterocycles. The number of carbonyl (C=O) groups excluding carboxylic acids is 1. The van der Waals surface area contributed by atoms with Crippen LogP contribution in [0.5, 0.6) is 0 Å². The highest BCUT2D eigenvalue weighted by Crippen LogP contribution is 2.10. The van der Waals surface area contributed by atoms with E-state index in [9.17, 15) is 9.18 Å². The first-order valence-electron chi connectivity index (χ1n) is 8.77. The molecule has 148 valence electrons. The maximum absolute atomic E-state index is 13.1. The summed E-state index contributed by atoms with van der Waals surface area (Å²) in [4.78, 5) is 16.2. The molecule has 0 aliphatic rings. The first-order valence-corrected chi connectivity index (χ1v) is 8.77. The SMILES string of the molecule is CCCC(CCO)CNC(=NCC(=O)Nc1cccc(F)c1)NCC.I. The number of nitrogens with one attached hydrogen (secondary N) is 3. The second-order valence-electron chi connectivity index (χ2n) is 5.80. The Morgan fingerprint density at radius 2 is 2.04 bits per heavy atom. The molecule has 0 bridgehead atoms. The molecule has 0 saturated heterocycles. The van der Waals surface area contributed by atoms with Crippen LogP contribution in [0.3, 0.4) is 0 Å². The van der Waals surface area contributed by atoms with Gasteiger partial charge in [0.05, 0.1) is 0 Å². The molecule has 0 radical (unpaired) electrons. The quantitative estimate of drug-likeness (QED) is 0.236. The van der Waals surface area contributed by atoms with E-state index < -0.39 is 5.82 Å². The number of benzene rings is 1. The van der Waals surface area contributed by atoms with E-state index in [0.717, 1.165) is 19.3 Å². The van der Waals surface area contributed by atoms with E-state index in [1.54, 1.807) is 6.07 Å². The van der Waals surface area contributed by atoms with E-state index in [0.29, 0.717) is 30.7 Å². The van der Waals surface area contributed by atoms with Gasteiger partial charge in [0.25, 0.3) is 0 Å². The molecule has 8 heteroatoms. The lowest BCUT2D eigenvalue weighted by atomic mass is 10.0. The molecule has 4 N–H and O–H groups in total. The van der Waals surface area contributed by atoms with Gasteiger partial charge in [-0.3, -0.25) is 4.79 Å². The lowest BCUT2D eigenvalue weighted by Crippen LogP contribution is -2.40. The van der Waals surface area contributed by atoms with Gasteiger partial charge in [0.15, 0.2) is 5.96 Å². The lowest BCUT2D eigenvalue weighted by Gasteiger charge is -2.18. The summed E-state index contributed by atoms with van der Waals surface area (Å²) in [5.74, 6) is 0.196. The zero-order valence-corrected chi connectivity index (χ0v) is 17.8. The first kappa shape index (κ1) is 24.6. The first-order chi connectivity index (χ1) is 12.1. The number of aliphatic hydroxyl groups is 1. The maximum atomic E-state index is 13.1. The summed E-state index contributed by atoms with van der Waals surface area (Å²) in [5.41, 5.74) is 0.407. The van der Waals surface area contributed by atoms with Crippen molar-refractivity contribution in [3.8, 4) is 0 Å². The minimum atomic E-state index is -0.401. The van der Waals surface area contributed by atoms with Gasteiger partial charge in [-0.2, -0.15) is 0 Å². The van der Waals surface area contributed by atoms with E-state index in [1.165, 1.54) is 18.2 Å². The number of halogens is 2. The van der Waals surface area contributed by atoms with Gasteiger partial charge in [0.1, 0.15) is 12.4 Å². The fourth-order valence-corrected chi connectivity index (χ4v) is 2.44. The second-order valence-corrected chi connectivity index (χ2v) is 5.80. The molecule has 1 rings (SSSR count). The van der Waals surface area contributed by atoms with Gasteiger partial charge in [-0.05, 0) is 43.9 Å². The summed E-state index contributed by atoms with van der Waals surface area (Å²) in [5, 5.41) is 18.0. The Kier molecular flexibility index (Phi) is 13.9. The van der Waals surface area contributed by atoms with Crippen LogP contribution in [-0.2, 0) is 4.79 Å². The maximum Gasteiger partial charge on any atom is 0.246 e. The van der Waals surface area contributed by atoms with Gasteiger partial charge >= 0.3 is 0 Å². The van der Waals surface area contributed by atoms with Crippen molar-refractivity contribution in [3.05, 3.63) is 30.1 Å². The Morgan fingerprint density at radius 1 is 1.27 bits per heavy atom. The van der Waals surface area contributed by atoms with Crippen LogP contribution in [0.15, 0.2) is 29.3 Å². The van der Waals surface area contributed by atoms with Crippen LogP contribution in [0.1, 0.15) is 33.1 Å². The average Bonchev–Trinajstić information content (AvgIpc) is 2.57. The molecule has 1 unspecified atom stereocenters. The van der Waals surface area contributed by atoms with Crippen LogP contribution in [0.2, 0.25) is 0 Å². The van der Waals surface area contributed by atoms with E-state index in [1.807, 2.05) is 6.92 Å². The van der Waals surface area contributed by atoms with Gasteiger partial charge in [-0.25, -0.2) is 9.38 Å². The number of carbonyl (C=O) groups is 1. The molecule has 26 heavy (non-hydrogen) atoms. The molecule has 0 heterocycles. The number of rotatable bonds is 10. The highest BCUT2D eigenvalue weighted by atomic mass is 127. The van der Waals surface area contributed by atoms with Crippen LogP contribution in [0.25, 0.3) is 0 Å². The summed E-state index contributed by atoms with van der Waals surface area (Å²) < 4.78 is 13.1. The zero-order valence-electron chi connectivity index (χ0n) is 15.4. The Bertz CT molecular complexity index is 552. The van der Waals surface area contributed by atoms with Crippen LogP contribution < -0.4 is 16.0 Å². The van der Waals surface area contributed by atoms with Crippen molar-refractivity contribution in [2.24, 2.45) is 10.9 Å². The molecule has 0 fully saturated rings. The molecular weight excluding hydrogens is 450 g/mol. The Labute approximate surface area is 172 Å². The second kappa shape index (κ2) is 14.7. The fourth-order valence-electron chi connectivity index (χ4n) is 2.44. The summed E-state index contributed by atoms with van der Waals surface area (Å²) in [7, 11) is 0. The largest absolute Gasteiger partial charge is 0.396 e. The number of aliphatic hydroxyl groups excluding tert-OH is 1. The predicted octanol–water partition coefficient (Wildman–Crippen LogP) is 2.74. The van der Waals surface area contributed by atoms with E-state index in [2.05, 4.69) is 27.9 Å². The summed E-state index contributed by atoms with van der Waals surface area (Å²) >= 11 is 0. The van der Waals surface area contributed by atoms with E-state index >= 15 is 0 Å². The summed E-state index contributed by atoms with van der Waals surface area (Å²) in [6.45, 7) is 5.52. The molecule has 0 aliphatic carbocycles. The molecule has 1 amide bonds. The van der Waals surface area contributed by atoms with Gasteiger partial charge in [-0.1, -0.05) is 19.4 Å². The third-order valence-corrected chi connectivity index (χ3v) is 3.63. The molecule has 0 spiro atoms. The normalized spacial score (nSPS) is 12.1. The van der Waals surface area contributed by atoms with Gasteiger partial charge < -0.3 is 21.1 Å². The molecule has 1 aromatic carbocycles. The number of aliphatic imine (C=N–C) groups is 1. The minimum absolute atomic E-state index is 0. The van der Waals surface area contributed by atoms with Gasteiger partial charge in [0, 0.05) is 25.4 Å². The van der Waals surface area contributed by atoms with Crippen molar-refractivity contribution >= 4 is 41.5 Å². The van der Waals surface area contributed by atoms with E-state index in [-0.39, 0.29) is 43.0 Å². The van der Waals surface area contributed by atoms with Gasteiger partial charge in [-0.15, -0.1) is 24.0 Å². The number of hydrogen-bond acceptors (Lipinski definition) is 3. The third kappa shape index (κ3) is 10.5. The van der Waals surface area contributed by atoms with Crippen molar-refractivity contribution in [3.63, 3.8) is 0 Å². The van der Waals surface area contributed by atoms with Crippen LogP contribution in [0, 0.1) is 11.7 Å². The fraction of sp³-hybridized carbons (Fsp3) is 0.556. The monoisotopic (exact) mass is 480 g/mol. The molecule has 6 nitrogen and oxygen atoms in total. The zero-order chi connectivity index (χ0) is 18.5. The van der Waals surface area contributed by atoms with Crippen LogP contribution >= 0.6 is 24.0 Å². The van der Waals surface area contributed by atoms with Crippen molar-refractivity contribution < 1.29 is 14.3 Å². The molecular formula is C18H30FIN4O2. The Hall–Kier alpha value is -1.42. The topological polar surface area (TPSA) is 85.8 Å². The third-order valence-electron chi connectivity index (χ3n) is 3.63. The number of nitrogens with zero attached hydrogens (tertiary/aromatic N) is 1. The van der Waals surface area contributed by atoms with Gasteiger partial charge in [0.2, 0.25) is 5.91 Å². The number of amides is 1. The average molecular weight is 480 g/mol. The number of hydrogen-bond donors (Lipinski definition) is 4. The molecule has 1 aromatic rings. The van der Waals surface area contributed by atoms with Crippen molar-refractivity contribution in [2.75, 3.05) is 31.6 Å². The van der Waals surface area contributed by atoms with Crippen LogP contribution in [-0.4, -0.2) is 43.2 Å². The Morgan fingerprint density at radius 3 is 2.65 bits per heavy atom. The van der Waals surface area contributed by atoms with E-state index in [4.69, 9.17) is 5.11 Å². The number of anilines is 1. The van der Waals surface area contributed by atoms with Crippen molar-refractivity contribution in [1.82, 2.24) is 10.6 Å². The summed E-state index contributed by atoms with van der Waals surface area (Å²) in [6, 6.07) is 5.74. The lowest BCUT2D eigenvalue weighted by molar-refractivity contribution is -0.114. The highest BCUT2D eigenvalue weighted by Gasteiger charge is 2.09.